The molecule has 248 valence electrons. The Balaban J connectivity index is 1.09. The Kier molecular flexibility index (Phi) is 7.32. The molecule has 0 aliphatic rings. The third kappa shape index (κ3) is 5.57. The van der Waals surface area contributed by atoms with Crippen LogP contribution in [0.5, 0.6) is 0 Å². The van der Waals surface area contributed by atoms with Crippen LogP contribution in [0.1, 0.15) is 0 Å². The van der Waals surface area contributed by atoms with Gasteiger partial charge in [-0.2, -0.15) is 4.80 Å². The molecule has 7 aromatic carbocycles. The highest BCUT2D eigenvalue weighted by atomic mass is 15.5. The molecule has 10 rings (SSSR count). The Bertz CT molecular complexity index is 2850. The van der Waals surface area contributed by atoms with Crippen LogP contribution in [0, 0.1) is 0 Å². The normalized spacial score (nSPS) is 11.4. The number of rotatable bonds is 6. The molecule has 0 unspecified atom stereocenters. The number of fused-ring (bicyclic) bond motifs is 5. The summed E-state index contributed by atoms with van der Waals surface area (Å²) < 4.78 is 0. The number of hydrogen-bond acceptors (Lipinski definition) is 6. The van der Waals surface area contributed by atoms with Gasteiger partial charge in [0.15, 0.2) is 17.5 Å². The fourth-order valence-corrected chi connectivity index (χ4v) is 6.89. The Morgan fingerprint density at radius 2 is 0.830 bits per heavy atom. The fourth-order valence-electron chi connectivity index (χ4n) is 6.89. The number of para-hydroxylation sites is 1. The number of nitrogens with zero attached hydrogens (tertiary/aromatic N) is 7. The van der Waals surface area contributed by atoms with Gasteiger partial charge in [0.2, 0.25) is 0 Å². The molecule has 10 aromatic rings. The number of aromatic nitrogens is 7. The van der Waals surface area contributed by atoms with Crippen LogP contribution >= 0.6 is 0 Å². The SMILES string of the molecule is c1ccc(-c2nc(-c3ccccc3)nc(-c3ccc(-c4ccc5c(c4)nc(-c4ccccc4)c4ccc6nn(-c7ccccc7)nc6c45)cc3)n2)cc1. The summed E-state index contributed by atoms with van der Waals surface area (Å²) in [5.41, 5.74) is 10.3. The topological polar surface area (TPSA) is 82.3 Å². The van der Waals surface area contributed by atoms with Gasteiger partial charge in [0.05, 0.1) is 16.9 Å². The van der Waals surface area contributed by atoms with E-state index in [-0.39, 0.29) is 0 Å². The molecule has 0 atom stereocenters. The molecular formula is C46H29N7. The highest BCUT2D eigenvalue weighted by Crippen LogP contribution is 2.38. The van der Waals surface area contributed by atoms with Crippen molar-refractivity contribution in [1.29, 1.82) is 0 Å². The van der Waals surface area contributed by atoms with Crippen LogP contribution in [0.4, 0.5) is 0 Å². The first-order chi connectivity index (χ1) is 26.2. The summed E-state index contributed by atoms with van der Waals surface area (Å²) in [6, 6.07) is 59.4. The molecule has 0 aliphatic heterocycles. The zero-order valence-corrected chi connectivity index (χ0v) is 28.4. The minimum atomic E-state index is 0.621. The van der Waals surface area contributed by atoms with Crippen LogP contribution < -0.4 is 0 Å². The third-order valence-corrected chi connectivity index (χ3v) is 9.52. The van der Waals surface area contributed by atoms with Crippen LogP contribution in [0.25, 0.3) is 94.9 Å². The maximum absolute atomic E-state index is 5.29. The molecule has 7 nitrogen and oxygen atoms in total. The Morgan fingerprint density at radius 1 is 0.340 bits per heavy atom. The van der Waals surface area contributed by atoms with Gasteiger partial charge in [0, 0.05) is 38.4 Å². The first kappa shape index (κ1) is 30.4. The van der Waals surface area contributed by atoms with Crippen LogP contribution in [-0.4, -0.2) is 34.9 Å². The first-order valence-electron chi connectivity index (χ1n) is 17.5. The predicted molar refractivity (Wildman–Crippen MR) is 212 cm³/mol. The first-order valence-corrected chi connectivity index (χ1v) is 17.5. The van der Waals surface area contributed by atoms with Crippen molar-refractivity contribution in [3.8, 4) is 62.2 Å². The molecule has 0 aliphatic carbocycles. The van der Waals surface area contributed by atoms with Gasteiger partial charge < -0.3 is 0 Å². The third-order valence-electron chi connectivity index (χ3n) is 9.52. The van der Waals surface area contributed by atoms with E-state index >= 15 is 0 Å². The summed E-state index contributed by atoms with van der Waals surface area (Å²) >= 11 is 0. The molecule has 7 heteroatoms. The van der Waals surface area contributed by atoms with E-state index in [1.807, 2.05) is 115 Å². The Morgan fingerprint density at radius 3 is 1.43 bits per heavy atom. The second-order valence-electron chi connectivity index (χ2n) is 12.9. The zero-order valence-electron chi connectivity index (χ0n) is 28.4. The minimum Gasteiger partial charge on any atom is -0.247 e. The number of pyridine rings is 1. The highest BCUT2D eigenvalue weighted by molar-refractivity contribution is 6.21. The molecule has 3 aromatic heterocycles. The van der Waals surface area contributed by atoms with Gasteiger partial charge in [0.1, 0.15) is 11.0 Å². The molecule has 3 heterocycles. The lowest BCUT2D eigenvalue weighted by Crippen LogP contribution is -2.00. The van der Waals surface area contributed by atoms with E-state index in [0.29, 0.717) is 17.5 Å². The van der Waals surface area contributed by atoms with E-state index in [2.05, 4.69) is 60.7 Å². The van der Waals surface area contributed by atoms with E-state index in [1.165, 1.54) is 0 Å². The average Bonchev–Trinajstić information content (AvgIpc) is 3.69. The van der Waals surface area contributed by atoms with Crippen molar-refractivity contribution in [3.63, 3.8) is 0 Å². The summed E-state index contributed by atoms with van der Waals surface area (Å²) in [5, 5.41) is 13.0. The van der Waals surface area contributed by atoms with E-state index in [9.17, 15) is 0 Å². The van der Waals surface area contributed by atoms with Crippen molar-refractivity contribution < 1.29 is 0 Å². The predicted octanol–water partition coefficient (Wildman–Crippen LogP) is 10.6. The van der Waals surface area contributed by atoms with E-state index in [0.717, 1.165) is 77.5 Å². The van der Waals surface area contributed by atoms with Crippen LogP contribution in [0.15, 0.2) is 176 Å². The molecule has 0 saturated heterocycles. The molecule has 0 saturated carbocycles. The summed E-state index contributed by atoms with van der Waals surface area (Å²) in [6.45, 7) is 0. The standard InChI is InChI=1S/C46H29N7/c1-5-13-31(14-6-1)42-38-27-28-39-43(52-53(51-39)36-19-11-4-12-20-36)41(38)37-26-25-35(29-40(37)47-42)30-21-23-34(24-22-30)46-49-44(32-15-7-2-8-16-32)48-45(50-46)33-17-9-3-10-18-33/h1-29H. The minimum absolute atomic E-state index is 0.621. The van der Waals surface area contributed by atoms with Gasteiger partial charge in [0.25, 0.3) is 0 Å². The molecular weight excluding hydrogens is 651 g/mol. The average molecular weight is 680 g/mol. The van der Waals surface area contributed by atoms with Crippen LogP contribution in [0.2, 0.25) is 0 Å². The van der Waals surface area contributed by atoms with Crippen molar-refractivity contribution in [2.45, 2.75) is 0 Å². The summed E-state index contributed by atoms with van der Waals surface area (Å²) in [7, 11) is 0. The lowest BCUT2D eigenvalue weighted by atomic mass is 9.96. The summed E-state index contributed by atoms with van der Waals surface area (Å²) in [6.07, 6.45) is 0. The summed E-state index contributed by atoms with van der Waals surface area (Å²) in [4.78, 5) is 21.7. The lowest BCUT2D eigenvalue weighted by Gasteiger charge is -2.12. The van der Waals surface area contributed by atoms with Gasteiger partial charge in [-0.15, -0.1) is 10.2 Å². The van der Waals surface area contributed by atoms with Crippen molar-refractivity contribution >= 4 is 32.7 Å². The molecule has 0 fully saturated rings. The lowest BCUT2D eigenvalue weighted by molar-refractivity contribution is 0.766. The van der Waals surface area contributed by atoms with Crippen molar-refractivity contribution in [2.75, 3.05) is 0 Å². The van der Waals surface area contributed by atoms with Gasteiger partial charge in [-0.1, -0.05) is 146 Å². The van der Waals surface area contributed by atoms with E-state index in [1.54, 1.807) is 4.80 Å². The van der Waals surface area contributed by atoms with Crippen LogP contribution in [0.3, 0.4) is 0 Å². The van der Waals surface area contributed by atoms with Crippen LogP contribution in [-0.2, 0) is 0 Å². The maximum Gasteiger partial charge on any atom is 0.164 e. The maximum atomic E-state index is 5.29. The quantitative estimate of drug-likeness (QED) is 0.163. The smallest absolute Gasteiger partial charge is 0.164 e. The summed E-state index contributed by atoms with van der Waals surface area (Å²) in [5.74, 6) is 1.90. The zero-order chi connectivity index (χ0) is 35.1. The van der Waals surface area contributed by atoms with Crippen molar-refractivity contribution in [1.82, 2.24) is 34.9 Å². The van der Waals surface area contributed by atoms with Crippen molar-refractivity contribution in [2.24, 2.45) is 0 Å². The molecule has 0 spiro atoms. The monoisotopic (exact) mass is 679 g/mol. The van der Waals surface area contributed by atoms with Gasteiger partial charge >= 0.3 is 0 Å². The largest absolute Gasteiger partial charge is 0.247 e. The molecule has 0 bridgehead atoms. The number of hydrogen-bond donors (Lipinski definition) is 0. The molecule has 0 N–H and O–H groups in total. The Hall–Kier alpha value is -7.38. The van der Waals surface area contributed by atoms with Gasteiger partial charge in [-0.3, -0.25) is 0 Å². The Labute approximate surface area is 304 Å². The second kappa shape index (κ2) is 12.7. The second-order valence-corrected chi connectivity index (χ2v) is 12.9. The number of benzene rings is 7. The molecule has 0 radical (unpaired) electrons. The highest BCUT2D eigenvalue weighted by Gasteiger charge is 2.18. The molecule has 53 heavy (non-hydrogen) atoms. The fraction of sp³-hybridized carbons (Fsp3) is 0. The van der Waals surface area contributed by atoms with Gasteiger partial charge in [-0.05, 0) is 41.5 Å². The molecule has 0 amide bonds. The van der Waals surface area contributed by atoms with Gasteiger partial charge in [-0.25, -0.2) is 19.9 Å². The van der Waals surface area contributed by atoms with E-state index < -0.39 is 0 Å². The van der Waals surface area contributed by atoms with Crippen molar-refractivity contribution in [3.05, 3.63) is 176 Å². The van der Waals surface area contributed by atoms with E-state index in [4.69, 9.17) is 30.1 Å².